The minimum absolute atomic E-state index is 0. The number of nitrogens with zero attached hydrogens (tertiary/aromatic N) is 4. The van der Waals surface area contributed by atoms with Gasteiger partial charge in [-0.3, -0.25) is 10.9 Å². The summed E-state index contributed by atoms with van der Waals surface area (Å²) in [5, 5.41) is 31.6. The second-order valence-electron chi connectivity index (χ2n) is 10.9. The van der Waals surface area contributed by atoms with Gasteiger partial charge in [-0.15, -0.1) is 0 Å². The Kier molecular flexibility index (Phi) is 11.3. The molecule has 0 radical (unpaired) electrons. The van der Waals surface area contributed by atoms with Gasteiger partial charge in [-0.1, -0.05) is 0 Å². The SMILES string of the molecule is CC1(C)CC(=NNC(N)=S)CC(C)(C)N1O.CC1(C)CC(=NNC(N)=S)CC(C)(C)N1O.[Ni]. The molecule has 10 nitrogen and oxygen atoms in total. The van der Waals surface area contributed by atoms with Crippen molar-refractivity contribution in [2.24, 2.45) is 21.7 Å². The minimum atomic E-state index is -0.335. The number of rotatable bonds is 2. The quantitative estimate of drug-likeness (QED) is 0.173. The van der Waals surface area contributed by atoms with Crippen LogP contribution in [0.5, 0.6) is 0 Å². The van der Waals surface area contributed by atoms with Gasteiger partial charge in [-0.2, -0.15) is 20.3 Å². The summed E-state index contributed by atoms with van der Waals surface area (Å²) in [7, 11) is 0. The Bertz CT molecular complexity index is 680. The molecule has 194 valence electrons. The molecule has 2 aliphatic heterocycles. The Balaban J connectivity index is 0.000000602. The number of nitrogens with one attached hydrogen (secondary N) is 2. The van der Waals surface area contributed by atoms with Crippen LogP contribution >= 0.6 is 24.4 Å². The molecule has 0 amide bonds. The van der Waals surface area contributed by atoms with Gasteiger partial charge in [0.15, 0.2) is 10.2 Å². The molecule has 0 aromatic rings. The molecule has 2 heterocycles. The van der Waals surface area contributed by atoms with Gasteiger partial charge in [0.25, 0.3) is 0 Å². The standard InChI is InChI=1S/2C10H20N4OS.Ni/c2*1-9(2)5-7(12-13-8(11)16)6-10(3,4)14(9)15;/h2*15H,5-6H2,1-4H3,(H3,11,13,16);. The van der Waals surface area contributed by atoms with E-state index in [1.807, 2.05) is 55.4 Å². The first-order chi connectivity index (χ1) is 14.3. The third kappa shape index (κ3) is 9.31. The molecule has 0 bridgehead atoms. The summed E-state index contributed by atoms with van der Waals surface area (Å²) < 4.78 is 0. The molecule has 0 unspecified atom stereocenters. The fraction of sp³-hybridized carbons (Fsp3) is 0.800. The summed E-state index contributed by atoms with van der Waals surface area (Å²) in [4.78, 5) is 0. The molecular formula is C20H40N8NiO2S2. The Hall–Kier alpha value is -0.946. The largest absolute Gasteiger partial charge is 0.375 e. The van der Waals surface area contributed by atoms with Crippen molar-refractivity contribution in [3.05, 3.63) is 0 Å². The number of thiocarbonyl (C=S) groups is 2. The van der Waals surface area contributed by atoms with Crippen molar-refractivity contribution in [2.75, 3.05) is 0 Å². The Morgan fingerprint density at radius 1 is 0.697 bits per heavy atom. The van der Waals surface area contributed by atoms with E-state index in [1.165, 1.54) is 10.1 Å². The predicted octanol–water partition coefficient (Wildman–Crippen LogP) is 2.43. The van der Waals surface area contributed by atoms with Crippen molar-refractivity contribution in [3.8, 4) is 0 Å². The number of hydrogen-bond acceptors (Lipinski definition) is 8. The molecule has 33 heavy (non-hydrogen) atoms. The van der Waals surface area contributed by atoms with E-state index in [0.29, 0.717) is 25.7 Å². The number of piperidine rings is 2. The van der Waals surface area contributed by atoms with Crippen molar-refractivity contribution < 1.29 is 26.9 Å². The van der Waals surface area contributed by atoms with Crippen LogP contribution in [-0.4, -0.2) is 64.3 Å². The van der Waals surface area contributed by atoms with Gasteiger partial charge in [0, 0.05) is 75.8 Å². The molecular weight excluding hydrogens is 507 g/mol. The number of nitrogens with two attached hydrogens (primary N) is 2. The van der Waals surface area contributed by atoms with Crippen molar-refractivity contribution in [3.63, 3.8) is 0 Å². The zero-order valence-electron chi connectivity index (χ0n) is 20.8. The van der Waals surface area contributed by atoms with Crippen molar-refractivity contribution in [1.29, 1.82) is 0 Å². The monoisotopic (exact) mass is 546 g/mol. The van der Waals surface area contributed by atoms with Crippen molar-refractivity contribution in [2.45, 2.75) is 103 Å². The summed E-state index contributed by atoms with van der Waals surface area (Å²) in [5.74, 6) is 0. The zero-order valence-corrected chi connectivity index (χ0v) is 23.4. The van der Waals surface area contributed by atoms with Crippen LogP contribution in [0.3, 0.4) is 0 Å². The van der Waals surface area contributed by atoms with E-state index in [1.54, 1.807) is 0 Å². The average Bonchev–Trinajstić information content (AvgIpc) is 2.60. The number of hydrazone groups is 2. The summed E-state index contributed by atoms with van der Waals surface area (Å²) in [6, 6.07) is 0. The van der Waals surface area contributed by atoms with Crippen LogP contribution in [0.2, 0.25) is 0 Å². The van der Waals surface area contributed by atoms with Gasteiger partial charge in [0.2, 0.25) is 0 Å². The third-order valence-corrected chi connectivity index (χ3v) is 5.67. The molecule has 0 atom stereocenters. The Morgan fingerprint density at radius 2 is 0.909 bits per heavy atom. The summed E-state index contributed by atoms with van der Waals surface area (Å²) >= 11 is 9.40. The van der Waals surface area contributed by atoms with Crippen LogP contribution in [0.4, 0.5) is 0 Å². The molecule has 0 aromatic carbocycles. The van der Waals surface area contributed by atoms with E-state index in [4.69, 9.17) is 35.9 Å². The van der Waals surface area contributed by atoms with Crippen molar-refractivity contribution >= 4 is 46.1 Å². The van der Waals surface area contributed by atoms with Crippen LogP contribution in [0.25, 0.3) is 0 Å². The van der Waals surface area contributed by atoms with Crippen LogP contribution in [0, 0.1) is 0 Å². The average molecular weight is 547 g/mol. The Morgan fingerprint density at radius 3 is 1.09 bits per heavy atom. The molecule has 0 spiro atoms. The summed E-state index contributed by atoms with van der Waals surface area (Å²) in [6.07, 6.45) is 2.73. The van der Waals surface area contributed by atoms with E-state index in [9.17, 15) is 10.4 Å². The molecule has 13 heteroatoms. The molecule has 2 fully saturated rings. The van der Waals surface area contributed by atoms with Crippen LogP contribution < -0.4 is 22.3 Å². The van der Waals surface area contributed by atoms with Gasteiger partial charge in [-0.05, 0) is 79.8 Å². The van der Waals surface area contributed by atoms with Gasteiger partial charge in [0.05, 0.1) is 0 Å². The van der Waals surface area contributed by atoms with E-state index >= 15 is 0 Å². The Labute approximate surface area is 218 Å². The van der Waals surface area contributed by atoms with Gasteiger partial charge in [0.1, 0.15) is 0 Å². The fourth-order valence-electron chi connectivity index (χ4n) is 4.49. The molecule has 0 saturated carbocycles. The second kappa shape index (κ2) is 11.7. The third-order valence-electron chi connectivity index (χ3n) is 5.49. The first kappa shape index (κ1) is 32.1. The topological polar surface area (TPSA) is 148 Å². The number of hydroxylamine groups is 4. The predicted molar refractivity (Wildman–Crippen MR) is 137 cm³/mol. The fourth-order valence-corrected chi connectivity index (χ4v) is 4.58. The molecule has 2 saturated heterocycles. The first-order valence-electron chi connectivity index (χ1n) is 10.5. The van der Waals surface area contributed by atoms with Crippen LogP contribution in [0.1, 0.15) is 81.1 Å². The second-order valence-corrected chi connectivity index (χ2v) is 11.8. The molecule has 2 aliphatic rings. The maximum atomic E-state index is 10.1. The first-order valence-corrected chi connectivity index (χ1v) is 11.3. The maximum absolute atomic E-state index is 10.1. The molecule has 2 rings (SSSR count). The molecule has 0 aromatic heterocycles. The van der Waals surface area contributed by atoms with Gasteiger partial charge < -0.3 is 21.9 Å². The normalized spacial score (nSPS) is 23.2. The van der Waals surface area contributed by atoms with Crippen LogP contribution in [-0.2, 0) is 16.5 Å². The maximum Gasteiger partial charge on any atom is 0.184 e. The van der Waals surface area contributed by atoms with E-state index < -0.39 is 0 Å². The zero-order chi connectivity index (χ0) is 25.1. The minimum Gasteiger partial charge on any atom is -0.375 e. The number of hydrogen-bond donors (Lipinski definition) is 6. The van der Waals surface area contributed by atoms with E-state index in [-0.39, 0.29) is 48.9 Å². The van der Waals surface area contributed by atoms with Crippen molar-refractivity contribution in [1.82, 2.24) is 21.0 Å². The summed E-state index contributed by atoms with van der Waals surface area (Å²) in [6.45, 7) is 15.8. The van der Waals surface area contributed by atoms with Gasteiger partial charge in [-0.25, -0.2) is 0 Å². The molecule has 8 N–H and O–H groups in total. The molecule has 0 aliphatic carbocycles. The van der Waals surface area contributed by atoms with E-state index in [2.05, 4.69) is 21.1 Å². The summed E-state index contributed by atoms with van der Waals surface area (Å²) in [5.41, 5.74) is 16.4. The van der Waals surface area contributed by atoms with E-state index in [0.717, 1.165) is 11.4 Å². The van der Waals surface area contributed by atoms with Gasteiger partial charge >= 0.3 is 0 Å². The van der Waals surface area contributed by atoms with Crippen LogP contribution in [0.15, 0.2) is 10.2 Å². The smallest absolute Gasteiger partial charge is 0.184 e.